The number of benzene rings is 1. The van der Waals surface area contributed by atoms with Gasteiger partial charge in [-0.1, -0.05) is 12.5 Å². The van der Waals surface area contributed by atoms with Crippen molar-refractivity contribution in [1.29, 1.82) is 0 Å². The van der Waals surface area contributed by atoms with Crippen LogP contribution >= 0.6 is 0 Å². The SMILES string of the molecule is O=C(O)C1(C(=O)NC2CCCc3cc(OC(F)F)ccc32)CCC1. The summed E-state index contributed by atoms with van der Waals surface area (Å²) in [5, 5.41) is 12.2. The molecule has 0 aliphatic heterocycles. The molecule has 1 aromatic rings. The molecule has 0 saturated heterocycles. The van der Waals surface area contributed by atoms with Crippen LogP contribution in [0.15, 0.2) is 18.2 Å². The zero-order valence-corrected chi connectivity index (χ0v) is 13.1. The zero-order chi connectivity index (χ0) is 17.3. The second kappa shape index (κ2) is 6.37. The van der Waals surface area contributed by atoms with Crippen molar-refractivity contribution in [2.45, 2.75) is 51.2 Å². The predicted octanol–water partition coefficient (Wildman–Crippen LogP) is 3.04. The Balaban J connectivity index is 1.77. The Labute approximate surface area is 138 Å². The number of ether oxygens (including phenoxy) is 1. The van der Waals surface area contributed by atoms with E-state index in [9.17, 15) is 23.5 Å². The van der Waals surface area contributed by atoms with Crippen molar-refractivity contribution in [2.75, 3.05) is 0 Å². The third-order valence-electron chi connectivity index (χ3n) is 5.01. The van der Waals surface area contributed by atoms with Crippen LogP contribution in [-0.2, 0) is 16.0 Å². The maximum Gasteiger partial charge on any atom is 0.387 e. The highest BCUT2D eigenvalue weighted by Crippen LogP contribution is 2.42. The minimum Gasteiger partial charge on any atom is -0.480 e. The molecule has 130 valence electrons. The lowest BCUT2D eigenvalue weighted by Crippen LogP contribution is -2.52. The largest absolute Gasteiger partial charge is 0.480 e. The molecule has 5 nitrogen and oxygen atoms in total. The lowest BCUT2D eigenvalue weighted by Gasteiger charge is -2.38. The van der Waals surface area contributed by atoms with Gasteiger partial charge >= 0.3 is 12.6 Å². The number of aliphatic carboxylic acids is 1. The van der Waals surface area contributed by atoms with E-state index in [2.05, 4.69) is 10.1 Å². The molecule has 3 rings (SSSR count). The molecule has 24 heavy (non-hydrogen) atoms. The second-order valence-electron chi connectivity index (χ2n) is 6.40. The normalized spacial score (nSPS) is 21.5. The number of carbonyl (C=O) groups excluding carboxylic acids is 1. The Hall–Kier alpha value is -2.18. The van der Waals surface area contributed by atoms with Crippen LogP contribution in [0.2, 0.25) is 0 Å². The first-order valence-corrected chi connectivity index (χ1v) is 8.04. The first-order chi connectivity index (χ1) is 11.4. The minimum absolute atomic E-state index is 0.0942. The third-order valence-corrected chi connectivity index (χ3v) is 5.01. The van der Waals surface area contributed by atoms with Crippen LogP contribution in [0, 0.1) is 5.41 Å². The standard InChI is InChI=1S/C17H19F2NO4/c18-16(19)24-11-5-6-12-10(9-11)3-1-4-13(12)20-14(21)17(15(22)23)7-2-8-17/h5-6,9,13,16H,1-4,7-8H2,(H,20,21)(H,22,23). The summed E-state index contributed by atoms with van der Waals surface area (Å²) in [6, 6.07) is 4.39. The van der Waals surface area contributed by atoms with Crippen molar-refractivity contribution in [2.24, 2.45) is 5.41 Å². The monoisotopic (exact) mass is 339 g/mol. The van der Waals surface area contributed by atoms with E-state index in [0.29, 0.717) is 25.7 Å². The predicted molar refractivity (Wildman–Crippen MR) is 80.8 cm³/mol. The third kappa shape index (κ3) is 2.95. The summed E-state index contributed by atoms with van der Waals surface area (Å²) in [5.41, 5.74) is 0.384. The van der Waals surface area contributed by atoms with Gasteiger partial charge in [-0.25, -0.2) is 0 Å². The van der Waals surface area contributed by atoms with E-state index in [-0.39, 0.29) is 11.8 Å². The van der Waals surface area contributed by atoms with E-state index >= 15 is 0 Å². The molecule has 0 radical (unpaired) electrons. The van der Waals surface area contributed by atoms with Gasteiger partial charge in [-0.15, -0.1) is 0 Å². The van der Waals surface area contributed by atoms with Crippen LogP contribution in [0.25, 0.3) is 0 Å². The van der Waals surface area contributed by atoms with E-state index in [1.807, 2.05) is 0 Å². The number of alkyl halides is 2. The number of amides is 1. The molecule has 2 N–H and O–H groups in total. The maximum absolute atomic E-state index is 12.5. The summed E-state index contributed by atoms with van der Waals surface area (Å²) in [6.45, 7) is -2.88. The molecule has 1 fully saturated rings. The van der Waals surface area contributed by atoms with E-state index in [1.165, 1.54) is 6.07 Å². The summed E-state index contributed by atoms with van der Waals surface area (Å²) in [5.74, 6) is -1.44. The average molecular weight is 339 g/mol. The van der Waals surface area contributed by atoms with Gasteiger partial charge in [-0.3, -0.25) is 9.59 Å². The molecule has 1 amide bonds. The molecule has 0 bridgehead atoms. The number of fused-ring (bicyclic) bond motifs is 1. The summed E-state index contributed by atoms with van der Waals surface area (Å²) in [4.78, 5) is 23.9. The summed E-state index contributed by atoms with van der Waals surface area (Å²) in [6.07, 6.45) is 3.64. The molecule has 7 heteroatoms. The Morgan fingerprint density at radius 3 is 2.62 bits per heavy atom. The average Bonchev–Trinajstić information content (AvgIpc) is 2.44. The van der Waals surface area contributed by atoms with Gasteiger partial charge < -0.3 is 15.2 Å². The summed E-state index contributed by atoms with van der Waals surface area (Å²) >= 11 is 0. The highest BCUT2D eigenvalue weighted by atomic mass is 19.3. The molecule has 1 unspecified atom stereocenters. The summed E-state index contributed by atoms with van der Waals surface area (Å²) < 4.78 is 29.0. The molecule has 0 spiro atoms. The highest BCUT2D eigenvalue weighted by molar-refractivity contribution is 6.03. The van der Waals surface area contributed by atoms with Gasteiger partial charge in [0, 0.05) is 0 Å². The molecule has 1 saturated carbocycles. The Bertz CT molecular complexity index is 658. The molecular formula is C17H19F2NO4. The fourth-order valence-electron chi connectivity index (χ4n) is 3.48. The molecular weight excluding hydrogens is 320 g/mol. The van der Waals surface area contributed by atoms with Crippen LogP contribution in [-0.4, -0.2) is 23.6 Å². The number of rotatable bonds is 5. The van der Waals surface area contributed by atoms with Crippen molar-refractivity contribution in [1.82, 2.24) is 5.32 Å². The van der Waals surface area contributed by atoms with Crippen molar-refractivity contribution >= 4 is 11.9 Å². The molecule has 1 atom stereocenters. The Morgan fingerprint density at radius 2 is 2.04 bits per heavy atom. The quantitative estimate of drug-likeness (QED) is 0.809. The molecule has 1 aromatic carbocycles. The molecule has 2 aliphatic carbocycles. The fraction of sp³-hybridized carbons (Fsp3) is 0.529. The maximum atomic E-state index is 12.5. The van der Waals surface area contributed by atoms with Gasteiger partial charge in [-0.05, 0) is 55.4 Å². The summed E-state index contributed by atoms with van der Waals surface area (Å²) in [7, 11) is 0. The van der Waals surface area contributed by atoms with E-state index in [4.69, 9.17) is 0 Å². The van der Waals surface area contributed by atoms with Gasteiger partial charge in [-0.2, -0.15) is 8.78 Å². The number of carboxylic acid groups (broad SMARTS) is 1. The van der Waals surface area contributed by atoms with Crippen molar-refractivity contribution < 1.29 is 28.2 Å². The van der Waals surface area contributed by atoms with E-state index in [1.54, 1.807) is 12.1 Å². The number of aryl methyl sites for hydroxylation is 1. The van der Waals surface area contributed by atoms with Gasteiger partial charge in [0.1, 0.15) is 11.2 Å². The van der Waals surface area contributed by atoms with Crippen molar-refractivity contribution in [3.8, 4) is 5.75 Å². The van der Waals surface area contributed by atoms with Gasteiger partial charge in [0.05, 0.1) is 6.04 Å². The van der Waals surface area contributed by atoms with Gasteiger partial charge in [0.15, 0.2) is 0 Å². The number of nitrogens with one attached hydrogen (secondary N) is 1. The minimum atomic E-state index is -2.88. The van der Waals surface area contributed by atoms with Gasteiger partial charge in [0.2, 0.25) is 5.91 Å². The molecule has 0 aromatic heterocycles. The zero-order valence-electron chi connectivity index (χ0n) is 13.1. The van der Waals surface area contributed by atoms with Crippen molar-refractivity contribution in [3.05, 3.63) is 29.3 Å². The van der Waals surface area contributed by atoms with Crippen molar-refractivity contribution in [3.63, 3.8) is 0 Å². The van der Waals surface area contributed by atoms with E-state index in [0.717, 1.165) is 24.0 Å². The lowest BCUT2D eigenvalue weighted by molar-refractivity contribution is -0.162. The van der Waals surface area contributed by atoms with E-state index < -0.39 is 23.9 Å². The second-order valence-corrected chi connectivity index (χ2v) is 6.40. The lowest BCUT2D eigenvalue weighted by atomic mass is 9.68. The fourth-order valence-corrected chi connectivity index (χ4v) is 3.48. The topological polar surface area (TPSA) is 75.6 Å². The Morgan fingerprint density at radius 1 is 1.29 bits per heavy atom. The molecule has 0 heterocycles. The molecule has 2 aliphatic rings. The Kier molecular flexibility index (Phi) is 4.43. The van der Waals surface area contributed by atoms with Crippen LogP contribution < -0.4 is 10.1 Å². The number of carboxylic acids is 1. The smallest absolute Gasteiger partial charge is 0.387 e. The van der Waals surface area contributed by atoms with Crippen LogP contribution in [0.3, 0.4) is 0 Å². The van der Waals surface area contributed by atoms with Crippen LogP contribution in [0.1, 0.15) is 49.3 Å². The number of hydrogen-bond acceptors (Lipinski definition) is 3. The first-order valence-electron chi connectivity index (χ1n) is 8.04. The van der Waals surface area contributed by atoms with Crippen LogP contribution in [0.5, 0.6) is 5.75 Å². The number of hydrogen-bond donors (Lipinski definition) is 2. The first kappa shape index (κ1) is 16.7. The van der Waals surface area contributed by atoms with Gasteiger partial charge in [0.25, 0.3) is 0 Å². The van der Waals surface area contributed by atoms with Crippen LogP contribution in [0.4, 0.5) is 8.78 Å². The number of carbonyl (C=O) groups is 2. The highest BCUT2D eigenvalue weighted by Gasteiger charge is 2.51. The number of halogens is 2.